The van der Waals surface area contributed by atoms with Crippen molar-refractivity contribution < 1.29 is 23.1 Å². The van der Waals surface area contributed by atoms with Gasteiger partial charge >= 0.3 is 5.97 Å². The van der Waals surface area contributed by atoms with Gasteiger partial charge in [0, 0.05) is 0 Å². The van der Waals surface area contributed by atoms with Crippen LogP contribution in [-0.4, -0.2) is 32.6 Å². The number of ether oxygens (including phenoxy) is 1. The quantitative estimate of drug-likeness (QED) is 0.744. The topological polar surface area (TPSA) is 92.7 Å². The first-order valence-corrected chi connectivity index (χ1v) is 7.73. The number of benzene rings is 1. The number of carboxylic acids is 1. The third kappa shape index (κ3) is 4.21. The number of hydrogen-bond acceptors (Lipinski definition) is 4. The molecule has 0 fully saturated rings. The Morgan fingerprint density at radius 2 is 2.19 bits per heavy atom. The third-order valence-corrected chi connectivity index (χ3v) is 4.26. The molecule has 1 aromatic carbocycles. The van der Waals surface area contributed by atoms with Crippen molar-refractivity contribution in [2.75, 3.05) is 7.11 Å². The summed E-state index contributed by atoms with van der Waals surface area (Å²) < 4.78 is 31.7. The summed E-state index contributed by atoms with van der Waals surface area (Å²) in [4.78, 5) is 10.9. The number of aromatic carboxylic acids is 1. The van der Waals surface area contributed by atoms with Gasteiger partial charge in [0.25, 0.3) is 0 Å². The van der Waals surface area contributed by atoms with E-state index in [1.165, 1.54) is 19.2 Å². The van der Waals surface area contributed by atoms with Gasteiger partial charge in [0.05, 0.1) is 18.0 Å². The van der Waals surface area contributed by atoms with Crippen LogP contribution < -0.4 is 9.46 Å². The highest BCUT2D eigenvalue weighted by atomic mass is 32.2. The van der Waals surface area contributed by atoms with Crippen molar-refractivity contribution in [3.63, 3.8) is 0 Å². The highest BCUT2D eigenvalue weighted by Gasteiger charge is 2.21. The first-order valence-electron chi connectivity index (χ1n) is 6.25. The normalized spacial score (nSPS) is 12.4. The van der Waals surface area contributed by atoms with E-state index < -0.39 is 22.0 Å². The second kappa shape index (κ2) is 7.11. The average Bonchev–Trinajstić information content (AvgIpc) is 2.45. The van der Waals surface area contributed by atoms with Gasteiger partial charge in [-0.15, -0.1) is 6.42 Å². The zero-order valence-electron chi connectivity index (χ0n) is 11.8. The predicted molar refractivity (Wildman–Crippen MR) is 77.8 cm³/mol. The Hall–Kier alpha value is -2.04. The largest absolute Gasteiger partial charge is 0.496 e. The average molecular weight is 311 g/mol. The molecule has 2 N–H and O–H groups in total. The molecule has 0 saturated heterocycles. The summed E-state index contributed by atoms with van der Waals surface area (Å²) in [5, 5.41) is 9.07. The summed E-state index contributed by atoms with van der Waals surface area (Å²) in [7, 11) is -2.58. The fourth-order valence-corrected chi connectivity index (χ4v) is 2.96. The summed E-state index contributed by atoms with van der Waals surface area (Å²) in [6.45, 7) is 1.88. The van der Waals surface area contributed by atoms with E-state index in [0.717, 1.165) is 12.5 Å². The van der Waals surface area contributed by atoms with Crippen molar-refractivity contribution in [1.82, 2.24) is 4.72 Å². The summed E-state index contributed by atoms with van der Waals surface area (Å²) in [5.74, 6) is 1.17. The van der Waals surface area contributed by atoms with Crippen LogP contribution in [0.25, 0.3) is 0 Å². The van der Waals surface area contributed by atoms with Crippen molar-refractivity contribution in [2.45, 2.75) is 30.7 Å². The minimum Gasteiger partial charge on any atom is -0.496 e. The van der Waals surface area contributed by atoms with E-state index in [0.29, 0.717) is 6.42 Å². The van der Waals surface area contributed by atoms with Gasteiger partial charge in [-0.1, -0.05) is 19.3 Å². The number of sulfonamides is 1. The summed E-state index contributed by atoms with van der Waals surface area (Å²) in [5.41, 5.74) is -0.229. The van der Waals surface area contributed by atoms with Crippen LogP contribution in [0.2, 0.25) is 0 Å². The first-order chi connectivity index (χ1) is 9.85. The molecule has 0 radical (unpaired) electrons. The number of carboxylic acid groups (broad SMARTS) is 1. The highest BCUT2D eigenvalue weighted by Crippen LogP contribution is 2.22. The number of terminal acetylenes is 1. The molecular formula is C14H17NO5S. The van der Waals surface area contributed by atoms with Crippen molar-refractivity contribution >= 4 is 16.0 Å². The molecule has 1 atom stereocenters. The molecule has 0 amide bonds. The fourth-order valence-electron chi connectivity index (χ4n) is 1.74. The molecule has 0 aliphatic rings. The molecule has 0 spiro atoms. The lowest BCUT2D eigenvalue weighted by Crippen LogP contribution is -2.33. The Morgan fingerprint density at radius 3 is 2.67 bits per heavy atom. The molecule has 7 heteroatoms. The van der Waals surface area contributed by atoms with Crippen molar-refractivity contribution in [3.05, 3.63) is 23.8 Å². The van der Waals surface area contributed by atoms with Crippen LogP contribution in [0.1, 0.15) is 30.1 Å². The molecule has 0 aromatic heterocycles. The van der Waals surface area contributed by atoms with Crippen LogP contribution in [0.3, 0.4) is 0 Å². The predicted octanol–water partition coefficient (Wildman–Crippen LogP) is 1.47. The minimum atomic E-state index is -3.89. The fraction of sp³-hybridized carbons (Fsp3) is 0.357. The van der Waals surface area contributed by atoms with Crippen LogP contribution in [0.4, 0.5) is 0 Å². The lowest BCUT2D eigenvalue weighted by Gasteiger charge is -2.13. The Bertz CT molecular complexity index is 660. The van der Waals surface area contributed by atoms with Gasteiger partial charge in [-0.05, 0) is 24.6 Å². The van der Waals surface area contributed by atoms with Gasteiger partial charge in [-0.3, -0.25) is 0 Å². The summed E-state index contributed by atoms with van der Waals surface area (Å²) in [6.07, 6.45) is 6.50. The molecule has 0 aliphatic carbocycles. The Labute approximate surface area is 124 Å². The van der Waals surface area contributed by atoms with Crippen LogP contribution >= 0.6 is 0 Å². The van der Waals surface area contributed by atoms with Gasteiger partial charge < -0.3 is 9.84 Å². The van der Waals surface area contributed by atoms with Crippen molar-refractivity contribution in [1.29, 1.82) is 0 Å². The van der Waals surface area contributed by atoms with Gasteiger partial charge in [0.1, 0.15) is 11.3 Å². The number of rotatable bonds is 7. The number of methoxy groups -OCH3 is 1. The van der Waals surface area contributed by atoms with E-state index in [2.05, 4.69) is 10.6 Å². The number of carbonyl (C=O) groups is 1. The summed E-state index contributed by atoms with van der Waals surface area (Å²) >= 11 is 0. The van der Waals surface area contributed by atoms with Crippen molar-refractivity contribution in [3.8, 4) is 18.1 Å². The lowest BCUT2D eigenvalue weighted by atomic mass is 10.2. The van der Waals surface area contributed by atoms with E-state index >= 15 is 0 Å². The zero-order valence-corrected chi connectivity index (χ0v) is 12.6. The smallest absolute Gasteiger partial charge is 0.339 e. The van der Waals surface area contributed by atoms with Crippen LogP contribution in [0, 0.1) is 12.3 Å². The van der Waals surface area contributed by atoms with E-state index in [-0.39, 0.29) is 16.2 Å². The molecule has 0 bridgehead atoms. The molecule has 21 heavy (non-hydrogen) atoms. The molecule has 1 rings (SSSR count). The lowest BCUT2D eigenvalue weighted by molar-refractivity contribution is 0.0693. The molecule has 6 nitrogen and oxygen atoms in total. The molecule has 1 unspecified atom stereocenters. The van der Waals surface area contributed by atoms with Crippen LogP contribution in [0.15, 0.2) is 23.1 Å². The molecule has 114 valence electrons. The Balaban J connectivity index is 3.18. The molecule has 0 saturated carbocycles. The van der Waals surface area contributed by atoms with E-state index in [1.807, 2.05) is 6.92 Å². The Kier molecular flexibility index (Phi) is 5.76. The third-order valence-electron chi connectivity index (χ3n) is 2.79. The number of hydrogen-bond donors (Lipinski definition) is 2. The maximum absolute atomic E-state index is 12.2. The van der Waals surface area contributed by atoms with Gasteiger partial charge in [-0.2, -0.15) is 4.72 Å². The molecule has 0 heterocycles. The highest BCUT2D eigenvalue weighted by molar-refractivity contribution is 7.89. The standard InChI is InChI=1S/C14H17NO5S/c1-4-6-10(5-2)15-21(18,19)11-7-8-13(20-3)12(9-11)14(16)17/h2,7-10,15H,4,6H2,1,3H3,(H,16,17). The van der Waals surface area contributed by atoms with Crippen LogP contribution in [0.5, 0.6) is 5.75 Å². The van der Waals surface area contributed by atoms with Gasteiger partial charge in [0.2, 0.25) is 10.0 Å². The van der Waals surface area contributed by atoms with Crippen LogP contribution in [-0.2, 0) is 10.0 Å². The first kappa shape index (κ1) is 17.0. The molecule has 0 aliphatic heterocycles. The van der Waals surface area contributed by atoms with E-state index in [4.69, 9.17) is 16.3 Å². The SMILES string of the molecule is C#CC(CCC)NS(=O)(=O)c1ccc(OC)c(C(=O)O)c1. The summed E-state index contributed by atoms with van der Waals surface area (Å²) in [6, 6.07) is 2.98. The van der Waals surface area contributed by atoms with Crippen molar-refractivity contribution in [2.24, 2.45) is 0 Å². The monoisotopic (exact) mass is 311 g/mol. The van der Waals surface area contributed by atoms with E-state index in [9.17, 15) is 13.2 Å². The van der Waals surface area contributed by atoms with Gasteiger partial charge in [-0.25, -0.2) is 13.2 Å². The molecule has 1 aromatic rings. The van der Waals surface area contributed by atoms with E-state index in [1.54, 1.807) is 0 Å². The maximum atomic E-state index is 12.2. The molecular weight excluding hydrogens is 294 g/mol. The maximum Gasteiger partial charge on any atom is 0.339 e. The van der Waals surface area contributed by atoms with Gasteiger partial charge in [0.15, 0.2) is 0 Å². The second-order valence-electron chi connectivity index (χ2n) is 4.30. The number of nitrogens with one attached hydrogen (secondary N) is 1. The minimum absolute atomic E-state index is 0.0866. The Morgan fingerprint density at radius 1 is 1.52 bits per heavy atom. The second-order valence-corrected chi connectivity index (χ2v) is 6.01. The zero-order chi connectivity index (χ0) is 16.0.